The summed E-state index contributed by atoms with van der Waals surface area (Å²) in [5, 5.41) is 2.97. The van der Waals surface area contributed by atoms with E-state index >= 15 is 0 Å². The number of hydrogen-bond acceptors (Lipinski definition) is 6. The molecule has 0 spiro atoms. The van der Waals surface area contributed by atoms with E-state index in [2.05, 4.69) is 35.1 Å². The average molecular weight is 416 g/mol. The lowest BCUT2D eigenvalue weighted by atomic mass is 10.2. The van der Waals surface area contributed by atoms with Gasteiger partial charge in [-0.2, -0.15) is 4.98 Å². The number of fused-ring (bicyclic) bond motifs is 2. The van der Waals surface area contributed by atoms with Crippen LogP contribution in [-0.4, -0.2) is 21.1 Å². The lowest BCUT2D eigenvalue weighted by Crippen LogP contribution is -2.12. The van der Waals surface area contributed by atoms with Crippen molar-refractivity contribution in [3.8, 4) is 5.95 Å². The number of thiophene rings is 1. The highest BCUT2D eigenvalue weighted by Crippen LogP contribution is 2.29. The minimum Gasteiger partial charge on any atom is -0.325 e. The standard InChI is InChI=1S/C23H21N5OS/c24-15-17-14-21-20(11-13-30-21)28(17)23-25-19-9-5-4-8-18(19)22(26-23)27-29-12-10-16-6-2-1-3-7-16/h1-9,11,13-14H,10,12,15,24H2,(H,25,26,27). The van der Waals surface area contributed by atoms with Gasteiger partial charge in [0.15, 0.2) is 5.82 Å². The number of nitrogens with two attached hydrogens (primary N) is 1. The molecule has 30 heavy (non-hydrogen) atoms. The number of para-hydroxylation sites is 1. The zero-order valence-electron chi connectivity index (χ0n) is 16.3. The monoisotopic (exact) mass is 415 g/mol. The zero-order valence-corrected chi connectivity index (χ0v) is 17.1. The number of anilines is 1. The topological polar surface area (TPSA) is 78.0 Å². The summed E-state index contributed by atoms with van der Waals surface area (Å²) in [5.74, 6) is 1.22. The largest absolute Gasteiger partial charge is 0.325 e. The molecule has 5 rings (SSSR count). The van der Waals surface area contributed by atoms with Crippen LogP contribution < -0.4 is 11.2 Å². The van der Waals surface area contributed by atoms with Gasteiger partial charge in [0, 0.05) is 17.6 Å². The van der Waals surface area contributed by atoms with Gasteiger partial charge in [0.1, 0.15) is 0 Å². The number of benzene rings is 2. The van der Waals surface area contributed by atoms with Crippen LogP contribution in [0.25, 0.3) is 27.1 Å². The second-order valence-electron chi connectivity index (χ2n) is 6.92. The molecule has 3 aromatic heterocycles. The van der Waals surface area contributed by atoms with E-state index in [9.17, 15) is 0 Å². The Hall–Kier alpha value is -3.26. The van der Waals surface area contributed by atoms with Gasteiger partial charge in [0.05, 0.1) is 22.3 Å². The number of aromatic nitrogens is 3. The highest BCUT2D eigenvalue weighted by molar-refractivity contribution is 7.17. The van der Waals surface area contributed by atoms with Gasteiger partial charge in [-0.3, -0.25) is 9.40 Å². The highest BCUT2D eigenvalue weighted by atomic mass is 32.1. The van der Waals surface area contributed by atoms with Crippen LogP contribution in [0.15, 0.2) is 72.1 Å². The van der Waals surface area contributed by atoms with E-state index in [-0.39, 0.29) is 0 Å². The molecule has 6 nitrogen and oxygen atoms in total. The Labute approximate surface area is 177 Å². The van der Waals surface area contributed by atoms with Crippen LogP contribution in [0.5, 0.6) is 0 Å². The third-order valence-electron chi connectivity index (χ3n) is 5.00. The SMILES string of the molecule is NCc1cc2sccc2n1-c1nc(NOCCc2ccccc2)c2ccccc2n1. The lowest BCUT2D eigenvalue weighted by Gasteiger charge is -2.13. The first-order valence-electron chi connectivity index (χ1n) is 9.80. The minimum atomic E-state index is 0.411. The predicted molar refractivity (Wildman–Crippen MR) is 122 cm³/mol. The van der Waals surface area contributed by atoms with Crippen molar-refractivity contribution in [3.63, 3.8) is 0 Å². The van der Waals surface area contributed by atoms with Crippen molar-refractivity contribution in [1.82, 2.24) is 14.5 Å². The molecular formula is C23H21N5OS. The van der Waals surface area contributed by atoms with E-state index in [1.165, 1.54) is 10.3 Å². The maximum atomic E-state index is 6.00. The fourth-order valence-corrected chi connectivity index (χ4v) is 4.37. The number of nitrogens with zero attached hydrogens (tertiary/aromatic N) is 3. The summed E-state index contributed by atoms with van der Waals surface area (Å²) in [6.45, 7) is 0.942. The maximum Gasteiger partial charge on any atom is 0.237 e. The molecule has 0 fully saturated rings. The van der Waals surface area contributed by atoms with Crippen molar-refractivity contribution >= 4 is 38.3 Å². The lowest BCUT2D eigenvalue weighted by molar-refractivity contribution is 0.196. The Morgan fingerprint density at radius 1 is 1.00 bits per heavy atom. The Balaban J connectivity index is 1.48. The molecule has 150 valence electrons. The van der Waals surface area contributed by atoms with Gasteiger partial charge >= 0.3 is 0 Å². The second kappa shape index (κ2) is 8.23. The van der Waals surface area contributed by atoms with E-state index in [1.807, 2.05) is 47.0 Å². The van der Waals surface area contributed by atoms with Crippen LogP contribution >= 0.6 is 11.3 Å². The summed E-state index contributed by atoms with van der Waals surface area (Å²) in [7, 11) is 0. The Kier molecular flexibility index (Phi) is 5.15. The zero-order chi connectivity index (χ0) is 20.3. The van der Waals surface area contributed by atoms with Crippen molar-refractivity contribution in [2.24, 2.45) is 5.73 Å². The number of hydrogen-bond donors (Lipinski definition) is 2. The molecule has 3 N–H and O–H groups in total. The molecule has 0 aliphatic heterocycles. The second-order valence-corrected chi connectivity index (χ2v) is 7.87. The summed E-state index contributed by atoms with van der Waals surface area (Å²) >= 11 is 1.68. The molecular weight excluding hydrogens is 394 g/mol. The molecule has 0 radical (unpaired) electrons. The smallest absolute Gasteiger partial charge is 0.237 e. The van der Waals surface area contributed by atoms with Gasteiger partial charge < -0.3 is 5.73 Å². The van der Waals surface area contributed by atoms with Crippen LogP contribution in [0.1, 0.15) is 11.3 Å². The Bertz CT molecular complexity index is 1300. The van der Waals surface area contributed by atoms with Crippen LogP contribution in [0.3, 0.4) is 0 Å². The third kappa shape index (κ3) is 3.54. The summed E-state index contributed by atoms with van der Waals surface area (Å²) in [6, 6.07) is 22.3. The molecule has 7 heteroatoms. The first kappa shape index (κ1) is 18.7. The van der Waals surface area contributed by atoms with Crippen LogP contribution in [0, 0.1) is 0 Å². The summed E-state index contributed by atoms with van der Waals surface area (Å²) < 4.78 is 3.19. The molecule has 0 bridgehead atoms. The van der Waals surface area contributed by atoms with Crippen LogP contribution in [0.2, 0.25) is 0 Å². The van der Waals surface area contributed by atoms with Gasteiger partial charge in [-0.05, 0) is 41.6 Å². The van der Waals surface area contributed by atoms with E-state index in [1.54, 1.807) is 11.3 Å². The molecule has 0 atom stereocenters. The molecule has 2 aromatic carbocycles. The first-order chi connectivity index (χ1) is 14.8. The molecule has 0 unspecified atom stereocenters. The highest BCUT2D eigenvalue weighted by Gasteiger charge is 2.15. The Morgan fingerprint density at radius 2 is 1.83 bits per heavy atom. The average Bonchev–Trinajstić information content (AvgIpc) is 3.38. The van der Waals surface area contributed by atoms with Gasteiger partial charge in [0.25, 0.3) is 0 Å². The Morgan fingerprint density at radius 3 is 2.70 bits per heavy atom. The summed E-state index contributed by atoms with van der Waals surface area (Å²) in [5.41, 5.74) is 13.2. The molecule has 0 saturated heterocycles. The van der Waals surface area contributed by atoms with Crippen LogP contribution in [0.4, 0.5) is 5.82 Å². The fourth-order valence-electron chi connectivity index (χ4n) is 3.54. The molecule has 5 aromatic rings. The van der Waals surface area contributed by atoms with Gasteiger partial charge in [-0.15, -0.1) is 11.3 Å². The predicted octanol–water partition coefficient (Wildman–Crippen LogP) is 4.68. The third-order valence-corrected chi connectivity index (χ3v) is 5.86. The minimum absolute atomic E-state index is 0.411. The number of rotatable bonds is 7. The first-order valence-corrected chi connectivity index (χ1v) is 10.7. The van der Waals surface area contributed by atoms with E-state index in [4.69, 9.17) is 20.5 Å². The number of nitrogens with one attached hydrogen (secondary N) is 1. The van der Waals surface area contributed by atoms with Crippen LogP contribution in [-0.2, 0) is 17.8 Å². The quantitative estimate of drug-likeness (QED) is 0.298. The molecule has 0 saturated carbocycles. The van der Waals surface area contributed by atoms with E-state index in [0.29, 0.717) is 24.9 Å². The van der Waals surface area contributed by atoms with Gasteiger partial charge in [0.2, 0.25) is 5.95 Å². The van der Waals surface area contributed by atoms with Crippen molar-refractivity contribution in [2.75, 3.05) is 12.1 Å². The molecule has 0 aliphatic carbocycles. The van der Waals surface area contributed by atoms with Crippen molar-refractivity contribution in [1.29, 1.82) is 0 Å². The van der Waals surface area contributed by atoms with Gasteiger partial charge in [-0.25, -0.2) is 10.5 Å². The van der Waals surface area contributed by atoms with Crippen molar-refractivity contribution in [2.45, 2.75) is 13.0 Å². The van der Waals surface area contributed by atoms with Gasteiger partial charge in [-0.1, -0.05) is 42.5 Å². The molecule has 0 amide bonds. The normalized spacial score (nSPS) is 11.4. The van der Waals surface area contributed by atoms with E-state index < -0.39 is 0 Å². The van der Waals surface area contributed by atoms with E-state index in [0.717, 1.165) is 28.5 Å². The molecule has 3 heterocycles. The molecule has 0 aliphatic rings. The van der Waals surface area contributed by atoms with Crippen molar-refractivity contribution < 1.29 is 4.84 Å². The summed E-state index contributed by atoms with van der Waals surface area (Å²) in [6.07, 6.45) is 0.814. The fraction of sp³-hybridized carbons (Fsp3) is 0.130. The maximum absolute atomic E-state index is 6.00. The van der Waals surface area contributed by atoms with Crippen molar-refractivity contribution in [3.05, 3.63) is 83.4 Å². The summed E-state index contributed by atoms with van der Waals surface area (Å²) in [4.78, 5) is 15.3.